The number of rotatable bonds is 4. The third-order valence-electron chi connectivity index (χ3n) is 3.14. The largest absolute Gasteiger partial charge is 0.459 e. The maximum atomic E-state index is 11.5. The summed E-state index contributed by atoms with van der Waals surface area (Å²) < 4.78 is 4.67. The molecule has 92 valence electrons. The molecule has 0 saturated heterocycles. The lowest BCUT2D eigenvalue weighted by atomic mass is 10.0. The molecule has 1 fully saturated rings. The third-order valence-corrected chi connectivity index (χ3v) is 3.14. The second kappa shape index (κ2) is 6.51. The van der Waals surface area contributed by atoms with Crippen LogP contribution in [0.1, 0.15) is 39.0 Å². The fourth-order valence-corrected chi connectivity index (χ4v) is 2.13. The lowest BCUT2D eigenvalue weighted by Gasteiger charge is -2.18. The van der Waals surface area contributed by atoms with Crippen LogP contribution < -0.4 is 0 Å². The molecule has 0 radical (unpaired) electrons. The van der Waals surface area contributed by atoms with Crippen LogP contribution in [0.3, 0.4) is 0 Å². The van der Waals surface area contributed by atoms with Crippen LogP contribution in [0.2, 0.25) is 0 Å². The van der Waals surface area contributed by atoms with Crippen LogP contribution >= 0.6 is 0 Å². The fourth-order valence-electron chi connectivity index (χ4n) is 2.13. The Bertz CT molecular complexity index is 247. The first kappa shape index (κ1) is 13.0. The quantitative estimate of drug-likeness (QED) is 0.541. The van der Waals surface area contributed by atoms with E-state index in [1.165, 1.54) is 30.6 Å². The Morgan fingerprint density at radius 1 is 1.31 bits per heavy atom. The summed E-state index contributed by atoms with van der Waals surface area (Å²) in [6.45, 7) is 2.60. The first-order valence-electron chi connectivity index (χ1n) is 6.07. The Labute approximate surface area is 96.9 Å². The molecule has 0 heterocycles. The Balaban J connectivity index is 2.25. The molecule has 0 aliphatic heterocycles. The highest BCUT2D eigenvalue weighted by Crippen LogP contribution is 2.27. The molecule has 4 nitrogen and oxygen atoms in total. The normalized spacial score (nSPS) is 16.1. The maximum Gasteiger partial charge on any atom is 0.396 e. The zero-order chi connectivity index (χ0) is 12.0. The second-order valence-corrected chi connectivity index (χ2v) is 4.39. The van der Waals surface area contributed by atoms with Gasteiger partial charge in [0.15, 0.2) is 0 Å². The molecule has 4 heteroatoms. The summed E-state index contributed by atoms with van der Waals surface area (Å²) >= 11 is 0. The zero-order valence-corrected chi connectivity index (χ0v) is 10.2. The van der Waals surface area contributed by atoms with Gasteiger partial charge < -0.3 is 9.64 Å². The Morgan fingerprint density at radius 2 is 1.94 bits per heavy atom. The van der Waals surface area contributed by atoms with Gasteiger partial charge >= 0.3 is 11.9 Å². The van der Waals surface area contributed by atoms with Crippen molar-refractivity contribution in [3.05, 3.63) is 0 Å². The highest BCUT2D eigenvalue weighted by atomic mass is 16.5. The van der Waals surface area contributed by atoms with Gasteiger partial charge in [-0.15, -0.1) is 0 Å². The molecule has 1 aliphatic carbocycles. The van der Waals surface area contributed by atoms with Crippen LogP contribution in [0.5, 0.6) is 0 Å². The Hall–Kier alpha value is -1.06. The molecule has 0 unspecified atom stereocenters. The van der Waals surface area contributed by atoms with E-state index in [-0.39, 0.29) is 6.61 Å². The predicted octanol–water partition coefficient (Wildman–Crippen LogP) is 1.59. The van der Waals surface area contributed by atoms with E-state index in [1.807, 2.05) is 0 Å². The molecule has 0 aromatic heterocycles. The molecular weight excluding hydrogens is 206 g/mol. The standard InChI is InChI=1S/C12H21NO3/c1-3-16-12(15)11(14)13(2)9-8-10-6-4-5-7-10/h10H,3-9H2,1-2H3. The number of ether oxygens (including phenoxy) is 1. The van der Waals surface area contributed by atoms with Gasteiger partial charge in [0, 0.05) is 13.6 Å². The molecule has 0 N–H and O–H groups in total. The molecule has 0 aromatic rings. The van der Waals surface area contributed by atoms with Gasteiger partial charge in [-0.3, -0.25) is 4.79 Å². The van der Waals surface area contributed by atoms with Crippen LogP contribution in [0.4, 0.5) is 0 Å². The van der Waals surface area contributed by atoms with E-state index in [0.29, 0.717) is 6.54 Å². The lowest BCUT2D eigenvalue weighted by molar-refractivity contribution is -0.159. The molecule has 0 spiro atoms. The first-order chi connectivity index (χ1) is 7.65. The summed E-state index contributed by atoms with van der Waals surface area (Å²) in [5.74, 6) is -0.534. The summed E-state index contributed by atoms with van der Waals surface area (Å²) in [7, 11) is 1.66. The van der Waals surface area contributed by atoms with Gasteiger partial charge in [0.05, 0.1) is 6.61 Å². The van der Waals surface area contributed by atoms with Gasteiger partial charge in [0.25, 0.3) is 0 Å². The molecule has 16 heavy (non-hydrogen) atoms. The molecule has 1 saturated carbocycles. The minimum Gasteiger partial charge on any atom is -0.459 e. The summed E-state index contributed by atoms with van der Waals surface area (Å²) in [6, 6.07) is 0. The van der Waals surface area contributed by atoms with Crippen LogP contribution in [-0.2, 0) is 14.3 Å². The average Bonchev–Trinajstić information content (AvgIpc) is 2.78. The van der Waals surface area contributed by atoms with Crippen molar-refractivity contribution in [1.82, 2.24) is 4.90 Å². The number of carbonyl (C=O) groups is 2. The summed E-state index contributed by atoms with van der Waals surface area (Å²) in [5, 5.41) is 0. The van der Waals surface area contributed by atoms with Crippen LogP contribution in [0.25, 0.3) is 0 Å². The van der Waals surface area contributed by atoms with Crippen LogP contribution in [0.15, 0.2) is 0 Å². The van der Waals surface area contributed by atoms with Gasteiger partial charge in [0.1, 0.15) is 0 Å². The van der Waals surface area contributed by atoms with Gasteiger partial charge in [-0.05, 0) is 19.3 Å². The van der Waals surface area contributed by atoms with Crippen molar-refractivity contribution in [3.8, 4) is 0 Å². The van der Waals surface area contributed by atoms with Gasteiger partial charge in [0.2, 0.25) is 0 Å². The molecule has 1 rings (SSSR count). The monoisotopic (exact) mass is 227 g/mol. The minimum absolute atomic E-state index is 0.251. The van der Waals surface area contributed by atoms with Crippen molar-refractivity contribution in [2.45, 2.75) is 39.0 Å². The highest BCUT2D eigenvalue weighted by Gasteiger charge is 2.21. The van der Waals surface area contributed by atoms with Crippen molar-refractivity contribution in [1.29, 1.82) is 0 Å². The lowest BCUT2D eigenvalue weighted by Crippen LogP contribution is -2.35. The fraction of sp³-hybridized carbons (Fsp3) is 0.833. The van der Waals surface area contributed by atoms with E-state index in [2.05, 4.69) is 4.74 Å². The van der Waals surface area contributed by atoms with Crippen LogP contribution in [-0.4, -0.2) is 37.0 Å². The SMILES string of the molecule is CCOC(=O)C(=O)N(C)CCC1CCCC1. The third kappa shape index (κ3) is 3.83. The number of nitrogens with zero attached hydrogens (tertiary/aromatic N) is 1. The highest BCUT2D eigenvalue weighted by molar-refractivity contribution is 6.32. The Morgan fingerprint density at radius 3 is 2.50 bits per heavy atom. The van der Waals surface area contributed by atoms with Gasteiger partial charge in [-0.25, -0.2) is 4.79 Å². The van der Waals surface area contributed by atoms with E-state index in [1.54, 1.807) is 14.0 Å². The molecule has 1 aliphatic rings. The first-order valence-corrected chi connectivity index (χ1v) is 6.07. The van der Waals surface area contributed by atoms with E-state index in [9.17, 15) is 9.59 Å². The van der Waals surface area contributed by atoms with Crippen LogP contribution in [0, 0.1) is 5.92 Å². The number of carbonyl (C=O) groups excluding carboxylic acids is 2. The van der Waals surface area contributed by atoms with Gasteiger partial charge in [-0.1, -0.05) is 25.7 Å². The minimum atomic E-state index is -0.739. The topological polar surface area (TPSA) is 46.6 Å². The molecule has 0 atom stereocenters. The zero-order valence-electron chi connectivity index (χ0n) is 10.2. The molecule has 0 bridgehead atoms. The number of likely N-dealkylation sites (N-methyl/N-ethyl adjacent to an activating group) is 1. The number of esters is 1. The average molecular weight is 227 g/mol. The smallest absolute Gasteiger partial charge is 0.396 e. The van der Waals surface area contributed by atoms with E-state index >= 15 is 0 Å². The predicted molar refractivity (Wildman–Crippen MR) is 60.8 cm³/mol. The number of hydrogen-bond acceptors (Lipinski definition) is 3. The molecule has 0 aromatic carbocycles. The number of hydrogen-bond donors (Lipinski definition) is 0. The second-order valence-electron chi connectivity index (χ2n) is 4.39. The number of amides is 1. The van der Waals surface area contributed by atoms with Crippen molar-refractivity contribution >= 4 is 11.9 Å². The Kier molecular flexibility index (Phi) is 5.29. The summed E-state index contributed by atoms with van der Waals surface area (Å²) in [6.07, 6.45) is 6.14. The summed E-state index contributed by atoms with van der Waals surface area (Å²) in [4.78, 5) is 24.1. The molecule has 1 amide bonds. The van der Waals surface area contributed by atoms with E-state index in [0.717, 1.165) is 12.3 Å². The van der Waals surface area contributed by atoms with Gasteiger partial charge in [-0.2, -0.15) is 0 Å². The van der Waals surface area contributed by atoms with E-state index in [4.69, 9.17) is 0 Å². The van der Waals surface area contributed by atoms with Crippen molar-refractivity contribution in [2.24, 2.45) is 5.92 Å². The van der Waals surface area contributed by atoms with Crippen molar-refractivity contribution < 1.29 is 14.3 Å². The van der Waals surface area contributed by atoms with E-state index < -0.39 is 11.9 Å². The van der Waals surface area contributed by atoms with Crippen molar-refractivity contribution in [2.75, 3.05) is 20.2 Å². The summed E-state index contributed by atoms with van der Waals surface area (Å²) in [5.41, 5.74) is 0. The maximum absolute atomic E-state index is 11.5. The van der Waals surface area contributed by atoms with Crippen molar-refractivity contribution in [3.63, 3.8) is 0 Å². The molecular formula is C12H21NO3.